The van der Waals surface area contributed by atoms with Crippen molar-refractivity contribution in [1.29, 1.82) is 0 Å². The van der Waals surface area contributed by atoms with Crippen LogP contribution in [0.25, 0.3) is 0 Å². The van der Waals surface area contributed by atoms with Crippen molar-refractivity contribution < 1.29 is 8.42 Å². The fourth-order valence-corrected chi connectivity index (χ4v) is 4.44. The molecular weight excluding hydrogens is 469 g/mol. The molecule has 1 fully saturated rings. The molecule has 1 saturated heterocycles. The molecule has 0 amide bonds. The van der Waals surface area contributed by atoms with Crippen LogP contribution in [0.1, 0.15) is 13.3 Å². The maximum atomic E-state index is 11.6. The Kier molecular flexibility index (Phi) is 10.2. The Morgan fingerprint density at radius 1 is 1.36 bits per heavy atom. The molecule has 8 heteroatoms. The van der Waals surface area contributed by atoms with Crippen LogP contribution in [0.3, 0.4) is 0 Å². The van der Waals surface area contributed by atoms with Crippen LogP contribution in [0.2, 0.25) is 0 Å². The normalized spacial score (nSPS) is 18.1. The predicted molar refractivity (Wildman–Crippen MR) is 118 cm³/mol. The number of sulfone groups is 1. The average Bonchev–Trinajstić information content (AvgIpc) is 3.06. The van der Waals surface area contributed by atoms with Gasteiger partial charge in [0.05, 0.1) is 5.75 Å². The van der Waals surface area contributed by atoms with Crippen LogP contribution in [-0.4, -0.2) is 63.2 Å². The van der Waals surface area contributed by atoms with Crippen LogP contribution >= 0.6 is 35.7 Å². The van der Waals surface area contributed by atoms with Crippen LogP contribution in [0, 0.1) is 5.92 Å². The third-order valence-electron chi connectivity index (χ3n) is 4.16. The Balaban J connectivity index is 0.00000312. The maximum Gasteiger partial charge on any atom is 0.193 e. The third kappa shape index (κ3) is 7.74. The van der Waals surface area contributed by atoms with Gasteiger partial charge in [-0.2, -0.15) is 0 Å². The number of guanidine groups is 1. The van der Waals surface area contributed by atoms with Gasteiger partial charge in [0.25, 0.3) is 0 Å². The molecule has 2 rings (SSSR count). The second kappa shape index (κ2) is 11.3. The van der Waals surface area contributed by atoms with Gasteiger partial charge in [-0.1, -0.05) is 25.1 Å². The van der Waals surface area contributed by atoms with E-state index in [4.69, 9.17) is 0 Å². The van der Waals surface area contributed by atoms with Gasteiger partial charge in [-0.15, -0.1) is 35.7 Å². The number of nitrogens with one attached hydrogen (secondary N) is 1. The van der Waals surface area contributed by atoms with Crippen LogP contribution in [0.15, 0.2) is 40.2 Å². The van der Waals surface area contributed by atoms with Gasteiger partial charge in [-0.05, 0) is 24.5 Å². The molecule has 0 radical (unpaired) electrons. The number of rotatable bonds is 7. The van der Waals surface area contributed by atoms with E-state index in [9.17, 15) is 8.42 Å². The van der Waals surface area contributed by atoms with E-state index < -0.39 is 9.84 Å². The van der Waals surface area contributed by atoms with Crippen molar-refractivity contribution in [2.75, 3.05) is 43.9 Å². The highest BCUT2D eigenvalue weighted by Gasteiger charge is 2.25. The number of nitrogens with zero attached hydrogens (tertiary/aromatic N) is 2. The van der Waals surface area contributed by atoms with Crippen molar-refractivity contribution in [3.63, 3.8) is 0 Å². The Morgan fingerprint density at radius 3 is 2.72 bits per heavy atom. The second-order valence-electron chi connectivity index (χ2n) is 5.94. The molecule has 142 valence electrons. The summed E-state index contributed by atoms with van der Waals surface area (Å²) in [5.74, 6) is 2.89. The van der Waals surface area contributed by atoms with Crippen LogP contribution in [0.5, 0.6) is 0 Å². The summed E-state index contributed by atoms with van der Waals surface area (Å²) < 4.78 is 23.1. The Hall–Kier alpha value is -0.480. The maximum absolute atomic E-state index is 11.6. The predicted octanol–water partition coefficient (Wildman–Crippen LogP) is 2.73. The highest BCUT2D eigenvalue weighted by atomic mass is 127. The van der Waals surface area contributed by atoms with Crippen molar-refractivity contribution in [3.8, 4) is 0 Å². The number of benzene rings is 1. The Labute approximate surface area is 173 Å². The lowest BCUT2D eigenvalue weighted by Gasteiger charge is -2.21. The fraction of sp³-hybridized carbons (Fsp3) is 0.588. The van der Waals surface area contributed by atoms with Crippen molar-refractivity contribution in [2.45, 2.75) is 18.2 Å². The monoisotopic (exact) mass is 497 g/mol. The summed E-state index contributed by atoms with van der Waals surface area (Å²) in [6.07, 6.45) is 1.15. The van der Waals surface area contributed by atoms with Gasteiger partial charge in [0, 0.05) is 43.1 Å². The second-order valence-corrected chi connectivity index (χ2v) is 9.50. The minimum Gasteiger partial charge on any atom is -0.355 e. The molecule has 1 aromatic carbocycles. The van der Waals surface area contributed by atoms with E-state index in [-0.39, 0.29) is 35.5 Å². The molecule has 1 N–H and O–H groups in total. The molecular formula is C17H28IN3O2S2. The zero-order valence-electron chi connectivity index (χ0n) is 14.8. The average molecular weight is 497 g/mol. The minimum absolute atomic E-state index is 0. The lowest BCUT2D eigenvalue weighted by molar-refractivity contribution is 0.476. The number of thioether (sulfide) groups is 1. The molecule has 0 saturated carbocycles. The molecule has 1 atom stereocenters. The number of likely N-dealkylation sites (tertiary alicyclic amines) is 1. The van der Waals surface area contributed by atoms with E-state index >= 15 is 0 Å². The molecule has 5 nitrogen and oxygen atoms in total. The lowest BCUT2D eigenvalue weighted by Crippen LogP contribution is -2.42. The van der Waals surface area contributed by atoms with Gasteiger partial charge in [-0.3, -0.25) is 4.99 Å². The largest absolute Gasteiger partial charge is 0.355 e. The smallest absolute Gasteiger partial charge is 0.193 e. The number of hydrogen-bond acceptors (Lipinski definition) is 4. The van der Waals surface area contributed by atoms with E-state index in [1.54, 1.807) is 14.0 Å². The van der Waals surface area contributed by atoms with Crippen LogP contribution in [0.4, 0.5) is 0 Å². The van der Waals surface area contributed by atoms with Gasteiger partial charge < -0.3 is 10.2 Å². The molecule has 1 aliphatic heterocycles. The molecule has 25 heavy (non-hydrogen) atoms. The first-order valence-corrected chi connectivity index (χ1v) is 11.2. The van der Waals surface area contributed by atoms with E-state index in [1.807, 2.05) is 17.8 Å². The highest BCUT2D eigenvalue weighted by molar-refractivity contribution is 14.0. The molecule has 0 bridgehead atoms. The standard InChI is InChI=1S/C17H27N3O2S2.HI/c1-3-24(21,22)12-10-19-17(18-2)20-11-9-15(13-20)14-23-16-7-5-4-6-8-16;/h4-8,15H,3,9-14H2,1-2H3,(H,18,19);1H. The van der Waals surface area contributed by atoms with Crippen molar-refractivity contribution >= 4 is 51.5 Å². The summed E-state index contributed by atoms with van der Waals surface area (Å²) in [5, 5.41) is 3.19. The van der Waals surface area contributed by atoms with Crippen molar-refractivity contribution in [3.05, 3.63) is 30.3 Å². The van der Waals surface area contributed by atoms with Gasteiger partial charge in [0.2, 0.25) is 0 Å². The summed E-state index contributed by atoms with van der Waals surface area (Å²) >= 11 is 1.90. The van der Waals surface area contributed by atoms with Crippen LogP contribution in [-0.2, 0) is 9.84 Å². The summed E-state index contributed by atoms with van der Waals surface area (Å²) in [6.45, 7) is 4.04. The summed E-state index contributed by atoms with van der Waals surface area (Å²) in [4.78, 5) is 7.84. The number of aliphatic imine (C=N–C) groups is 1. The molecule has 0 aromatic heterocycles. The van der Waals surface area contributed by atoms with E-state index in [0.717, 1.165) is 31.2 Å². The first-order chi connectivity index (χ1) is 11.5. The first-order valence-electron chi connectivity index (χ1n) is 8.38. The molecule has 1 heterocycles. The molecule has 1 unspecified atom stereocenters. The van der Waals surface area contributed by atoms with E-state index in [2.05, 4.69) is 39.5 Å². The zero-order chi connectivity index (χ0) is 17.4. The lowest BCUT2D eigenvalue weighted by atomic mass is 10.2. The summed E-state index contributed by atoms with van der Waals surface area (Å²) in [6, 6.07) is 10.5. The molecule has 0 spiro atoms. The van der Waals surface area contributed by atoms with Crippen molar-refractivity contribution in [2.24, 2.45) is 10.9 Å². The van der Waals surface area contributed by atoms with Crippen molar-refractivity contribution in [1.82, 2.24) is 10.2 Å². The minimum atomic E-state index is -2.94. The molecule has 1 aromatic rings. The van der Waals surface area contributed by atoms with Gasteiger partial charge in [0.15, 0.2) is 15.8 Å². The summed E-state index contributed by atoms with van der Waals surface area (Å²) in [5.41, 5.74) is 0. The third-order valence-corrected chi connectivity index (χ3v) is 7.11. The zero-order valence-corrected chi connectivity index (χ0v) is 18.8. The van der Waals surface area contributed by atoms with E-state index in [0.29, 0.717) is 12.5 Å². The van der Waals surface area contributed by atoms with Gasteiger partial charge in [0.1, 0.15) is 0 Å². The number of halogens is 1. The molecule has 1 aliphatic rings. The first kappa shape index (κ1) is 22.6. The number of hydrogen-bond donors (Lipinski definition) is 1. The van der Waals surface area contributed by atoms with Crippen LogP contribution < -0.4 is 5.32 Å². The van der Waals surface area contributed by atoms with Gasteiger partial charge in [-0.25, -0.2) is 8.42 Å². The fourth-order valence-electron chi connectivity index (χ4n) is 2.69. The van der Waals surface area contributed by atoms with E-state index in [1.165, 1.54) is 4.90 Å². The van der Waals surface area contributed by atoms with Gasteiger partial charge >= 0.3 is 0 Å². The topological polar surface area (TPSA) is 61.8 Å². The quantitative estimate of drug-likeness (QED) is 0.272. The Bertz CT molecular complexity index is 639. The highest BCUT2D eigenvalue weighted by Crippen LogP contribution is 2.25. The molecule has 0 aliphatic carbocycles. The Morgan fingerprint density at radius 2 is 2.08 bits per heavy atom. The SMILES string of the molecule is CCS(=O)(=O)CCNC(=NC)N1CCC(CSc2ccccc2)C1.I. The summed E-state index contributed by atoms with van der Waals surface area (Å²) in [7, 11) is -1.18.